The average Bonchev–Trinajstić information content (AvgIpc) is 3.27. The summed E-state index contributed by atoms with van der Waals surface area (Å²) in [5.74, 6) is 1.78. The van der Waals surface area contributed by atoms with Crippen LogP contribution in [0.15, 0.2) is 39.7 Å². The van der Waals surface area contributed by atoms with E-state index in [1.165, 1.54) is 12.8 Å². The van der Waals surface area contributed by atoms with Crippen LogP contribution in [0.1, 0.15) is 51.8 Å². The summed E-state index contributed by atoms with van der Waals surface area (Å²) in [6.45, 7) is 9.55. The Hall–Kier alpha value is -1.28. The molecule has 3 rings (SSSR count). The first-order valence-electron chi connectivity index (χ1n) is 9.77. The van der Waals surface area contributed by atoms with Crippen LogP contribution in [-0.4, -0.2) is 32.3 Å². The summed E-state index contributed by atoms with van der Waals surface area (Å²) in [5, 5.41) is 7.96. The molecule has 27 heavy (non-hydrogen) atoms. The first kappa shape index (κ1) is 22.0. The molecule has 1 unspecified atom stereocenters. The third-order valence-corrected chi connectivity index (χ3v) is 5.08. The van der Waals surface area contributed by atoms with Gasteiger partial charge >= 0.3 is 0 Å². The van der Waals surface area contributed by atoms with Crippen molar-refractivity contribution in [2.75, 3.05) is 26.3 Å². The molecule has 1 aromatic carbocycles. The maximum absolute atomic E-state index is 5.97. The highest BCUT2D eigenvalue weighted by atomic mass is 127. The van der Waals surface area contributed by atoms with E-state index < -0.39 is 0 Å². The van der Waals surface area contributed by atoms with Crippen LogP contribution in [0.3, 0.4) is 0 Å². The minimum absolute atomic E-state index is 0. The third-order valence-electron chi connectivity index (χ3n) is 5.08. The van der Waals surface area contributed by atoms with Crippen LogP contribution in [0, 0.1) is 5.41 Å². The van der Waals surface area contributed by atoms with Crippen LogP contribution in [0.5, 0.6) is 0 Å². The summed E-state index contributed by atoms with van der Waals surface area (Å²) in [6, 6.07) is 10.3. The molecule has 2 N–H and O–H groups in total. The zero-order chi connectivity index (χ0) is 18.4. The summed E-state index contributed by atoms with van der Waals surface area (Å²) < 4.78 is 11.5. The summed E-state index contributed by atoms with van der Waals surface area (Å²) >= 11 is 0. The number of rotatable bonds is 9. The van der Waals surface area contributed by atoms with Crippen molar-refractivity contribution in [1.29, 1.82) is 0 Å². The van der Waals surface area contributed by atoms with Crippen molar-refractivity contribution >= 4 is 40.9 Å². The molecular weight excluding hydrogens is 453 g/mol. The normalized spacial score (nSPS) is 16.6. The van der Waals surface area contributed by atoms with Crippen LogP contribution in [0.25, 0.3) is 11.0 Å². The van der Waals surface area contributed by atoms with Gasteiger partial charge in [-0.15, -0.1) is 24.0 Å². The number of furan rings is 1. The lowest BCUT2D eigenvalue weighted by atomic mass is 10.0. The monoisotopic (exact) mass is 485 g/mol. The molecule has 1 aromatic heterocycles. The summed E-state index contributed by atoms with van der Waals surface area (Å²) in [5.41, 5.74) is 1.27. The minimum atomic E-state index is 0. The largest absolute Gasteiger partial charge is 0.459 e. The van der Waals surface area contributed by atoms with Gasteiger partial charge in [0.15, 0.2) is 5.96 Å². The molecule has 1 heterocycles. The van der Waals surface area contributed by atoms with Gasteiger partial charge in [0, 0.05) is 31.7 Å². The summed E-state index contributed by atoms with van der Waals surface area (Å²) in [6.07, 6.45) is 3.60. The number of nitrogens with zero attached hydrogens (tertiary/aromatic N) is 1. The summed E-state index contributed by atoms with van der Waals surface area (Å²) in [4.78, 5) is 4.84. The number of benzene rings is 1. The van der Waals surface area contributed by atoms with Gasteiger partial charge in [0.25, 0.3) is 0 Å². The van der Waals surface area contributed by atoms with Crippen molar-refractivity contribution in [3.05, 3.63) is 36.1 Å². The van der Waals surface area contributed by atoms with Gasteiger partial charge in [-0.25, -0.2) is 0 Å². The van der Waals surface area contributed by atoms with E-state index >= 15 is 0 Å². The van der Waals surface area contributed by atoms with Gasteiger partial charge < -0.3 is 19.8 Å². The van der Waals surface area contributed by atoms with Crippen LogP contribution < -0.4 is 10.6 Å². The fourth-order valence-corrected chi connectivity index (χ4v) is 3.16. The first-order chi connectivity index (χ1) is 12.7. The van der Waals surface area contributed by atoms with Crippen molar-refractivity contribution in [1.82, 2.24) is 10.6 Å². The van der Waals surface area contributed by atoms with Gasteiger partial charge in [-0.3, -0.25) is 4.99 Å². The molecule has 6 heteroatoms. The van der Waals surface area contributed by atoms with Crippen LogP contribution >= 0.6 is 24.0 Å². The van der Waals surface area contributed by atoms with Crippen molar-refractivity contribution in [3.8, 4) is 0 Å². The minimum Gasteiger partial charge on any atom is -0.459 e. The van der Waals surface area contributed by atoms with Crippen LogP contribution in [-0.2, 0) is 4.74 Å². The highest BCUT2D eigenvalue weighted by molar-refractivity contribution is 14.0. The maximum Gasteiger partial charge on any atom is 0.191 e. The number of aliphatic imine (C=N–C) groups is 1. The molecule has 0 amide bonds. The van der Waals surface area contributed by atoms with E-state index in [-0.39, 0.29) is 30.0 Å². The number of nitrogens with one attached hydrogen (secondary N) is 2. The molecule has 0 radical (unpaired) electrons. The Morgan fingerprint density at radius 2 is 2.07 bits per heavy atom. The van der Waals surface area contributed by atoms with E-state index in [9.17, 15) is 0 Å². The van der Waals surface area contributed by atoms with Gasteiger partial charge in [-0.1, -0.05) is 18.2 Å². The van der Waals surface area contributed by atoms with Crippen molar-refractivity contribution < 1.29 is 9.15 Å². The SMILES string of the molecule is CCNC(=NCC1(CCOCC)CC1)NC(C)c1cc2ccccc2o1.I. The molecule has 1 aliphatic carbocycles. The van der Waals surface area contributed by atoms with Crippen molar-refractivity contribution in [2.24, 2.45) is 10.4 Å². The third kappa shape index (κ3) is 6.10. The Balaban J connectivity index is 0.00000261. The lowest BCUT2D eigenvalue weighted by Gasteiger charge is -2.18. The fraction of sp³-hybridized carbons (Fsp3) is 0.571. The molecule has 5 nitrogen and oxygen atoms in total. The topological polar surface area (TPSA) is 58.8 Å². The molecule has 150 valence electrons. The first-order valence-corrected chi connectivity index (χ1v) is 9.77. The zero-order valence-corrected chi connectivity index (χ0v) is 18.9. The molecule has 0 saturated heterocycles. The quantitative estimate of drug-likeness (QED) is 0.230. The highest BCUT2D eigenvalue weighted by Crippen LogP contribution is 2.49. The number of halogens is 1. The Labute approximate surface area is 179 Å². The Kier molecular flexibility index (Phi) is 8.41. The predicted molar refractivity (Wildman–Crippen MR) is 122 cm³/mol. The maximum atomic E-state index is 5.97. The standard InChI is InChI=1S/C21H31N3O2.HI/c1-4-22-20(23-15-21(10-11-21)12-13-25-5-2)24-16(3)19-14-17-8-6-7-9-18(17)26-19;/h6-9,14,16H,4-5,10-13,15H2,1-3H3,(H2,22,23,24);1H. The summed E-state index contributed by atoms with van der Waals surface area (Å²) in [7, 11) is 0. The van der Waals surface area contributed by atoms with E-state index in [4.69, 9.17) is 14.1 Å². The molecule has 1 fully saturated rings. The molecule has 0 spiro atoms. The van der Waals surface area contributed by atoms with E-state index in [1.54, 1.807) is 0 Å². The van der Waals surface area contributed by atoms with Gasteiger partial charge in [0.2, 0.25) is 0 Å². The molecule has 0 aliphatic heterocycles. The van der Waals surface area contributed by atoms with Gasteiger partial charge in [-0.2, -0.15) is 0 Å². The number of hydrogen-bond acceptors (Lipinski definition) is 3. The fourth-order valence-electron chi connectivity index (χ4n) is 3.16. The smallest absolute Gasteiger partial charge is 0.191 e. The van der Waals surface area contributed by atoms with Crippen LogP contribution in [0.2, 0.25) is 0 Å². The number of ether oxygens (including phenoxy) is 1. The molecule has 1 aliphatic rings. The lowest BCUT2D eigenvalue weighted by Crippen LogP contribution is -2.39. The second kappa shape index (κ2) is 10.3. The number of fused-ring (bicyclic) bond motifs is 1. The lowest BCUT2D eigenvalue weighted by molar-refractivity contribution is 0.129. The second-order valence-electron chi connectivity index (χ2n) is 7.19. The number of para-hydroxylation sites is 1. The van der Waals surface area contributed by atoms with E-state index in [1.807, 2.05) is 25.1 Å². The zero-order valence-electron chi connectivity index (χ0n) is 16.6. The van der Waals surface area contributed by atoms with Gasteiger partial charge in [-0.05, 0) is 57.6 Å². The van der Waals surface area contributed by atoms with E-state index in [0.717, 1.165) is 55.4 Å². The molecule has 0 bridgehead atoms. The van der Waals surface area contributed by atoms with E-state index in [2.05, 4.69) is 36.6 Å². The van der Waals surface area contributed by atoms with Crippen molar-refractivity contribution in [2.45, 2.75) is 46.1 Å². The predicted octanol–water partition coefficient (Wildman–Crippen LogP) is 4.87. The second-order valence-corrected chi connectivity index (χ2v) is 7.19. The van der Waals surface area contributed by atoms with Gasteiger partial charge in [0.05, 0.1) is 6.04 Å². The van der Waals surface area contributed by atoms with Gasteiger partial charge in [0.1, 0.15) is 11.3 Å². The number of guanidine groups is 1. The Morgan fingerprint density at radius 3 is 2.74 bits per heavy atom. The molecule has 1 saturated carbocycles. The number of hydrogen-bond donors (Lipinski definition) is 2. The van der Waals surface area contributed by atoms with Crippen LogP contribution in [0.4, 0.5) is 0 Å². The van der Waals surface area contributed by atoms with E-state index in [0.29, 0.717) is 5.41 Å². The molecule has 1 atom stereocenters. The highest BCUT2D eigenvalue weighted by Gasteiger charge is 2.41. The van der Waals surface area contributed by atoms with Crippen molar-refractivity contribution in [3.63, 3.8) is 0 Å². The molecular formula is C21H32IN3O2. The molecule has 2 aromatic rings. The Bertz CT molecular complexity index is 707. The average molecular weight is 485 g/mol. The Morgan fingerprint density at radius 1 is 1.30 bits per heavy atom.